The zero-order chi connectivity index (χ0) is 14.0. The largest absolute Gasteiger partial charge is 0.481 e. The molecule has 1 N–H and O–H groups in total. The highest BCUT2D eigenvalue weighted by atomic mass is 32.1. The fraction of sp³-hybridized carbons (Fsp3) is 0.467. The number of hydrogen-bond acceptors (Lipinski definition) is 3. The third-order valence-electron chi connectivity index (χ3n) is 2.98. The van der Waals surface area contributed by atoms with E-state index in [4.69, 9.17) is 10.1 Å². The van der Waals surface area contributed by atoms with Crippen molar-refractivity contribution in [1.82, 2.24) is 4.98 Å². The minimum absolute atomic E-state index is 0.0576. The number of carbonyl (C=O) groups is 1. The molecule has 0 unspecified atom stereocenters. The van der Waals surface area contributed by atoms with Gasteiger partial charge >= 0.3 is 5.97 Å². The van der Waals surface area contributed by atoms with Crippen LogP contribution in [0.1, 0.15) is 44.2 Å². The molecule has 0 bridgehead atoms. The maximum Gasteiger partial charge on any atom is 0.303 e. The molecule has 0 spiro atoms. The molecule has 2 rings (SSSR count). The maximum atomic E-state index is 10.6. The Morgan fingerprint density at radius 2 is 2.11 bits per heavy atom. The lowest BCUT2D eigenvalue weighted by atomic mass is 9.98. The van der Waals surface area contributed by atoms with Gasteiger partial charge in [0, 0.05) is 11.8 Å². The molecular weight excluding hydrogens is 258 g/mol. The summed E-state index contributed by atoms with van der Waals surface area (Å²) in [6.45, 7) is 6.48. The topological polar surface area (TPSA) is 50.2 Å². The lowest BCUT2D eigenvalue weighted by molar-refractivity contribution is -0.137. The lowest BCUT2D eigenvalue weighted by Crippen LogP contribution is -2.10. The Bertz CT molecular complexity index is 596. The van der Waals surface area contributed by atoms with Gasteiger partial charge in [-0.05, 0) is 24.5 Å². The van der Waals surface area contributed by atoms with E-state index >= 15 is 0 Å². The van der Waals surface area contributed by atoms with E-state index in [0.717, 1.165) is 22.5 Å². The van der Waals surface area contributed by atoms with E-state index < -0.39 is 5.97 Å². The number of aryl methyl sites for hydroxylation is 1. The minimum Gasteiger partial charge on any atom is -0.481 e. The van der Waals surface area contributed by atoms with Gasteiger partial charge in [0.05, 0.1) is 15.2 Å². The number of hydrogen-bond donors (Lipinski definition) is 1. The summed E-state index contributed by atoms with van der Waals surface area (Å²) < 4.78 is 1.19. The van der Waals surface area contributed by atoms with Crippen LogP contribution in [-0.4, -0.2) is 16.1 Å². The highest BCUT2D eigenvalue weighted by Crippen LogP contribution is 2.32. The second-order valence-corrected chi connectivity index (χ2v) is 6.81. The summed E-state index contributed by atoms with van der Waals surface area (Å²) in [7, 11) is 0. The number of aliphatic carboxylic acids is 1. The van der Waals surface area contributed by atoms with Crippen molar-refractivity contribution >= 4 is 27.5 Å². The molecule has 3 nitrogen and oxygen atoms in total. The molecule has 0 saturated carbocycles. The van der Waals surface area contributed by atoms with Gasteiger partial charge in [-0.1, -0.05) is 32.9 Å². The molecule has 1 aromatic carbocycles. The van der Waals surface area contributed by atoms with Gasteiger partial charge < -0.3 is 5.11 Å². The van der Waals surface area contributed by atoms with E-state index in [1.807, 2.05) is 6.07 Å². The van der Waals surface area contributed by atoms with E-state index in [1.165, 1.54) is 4.70 Å². The fourth-order valence-corrected chi connectivity index (χ4v) is 3.03. The molecule has 19 heavy (non-hydrogen) atoms. The summed E-state index contributed by atoms with van der Waals surface area (Å²) in [6, 6.07) is 6.17. The predicted molar refractivity (Wildman–Crippen MR) is 78.9 cm³/mol. The highest BCUT2D eigenvalue weighted by Gasteiger charge is 2.19. The van der Waals surface area contributed by atoms with Crippen LogP contribution in [0.25, 0.3) is 10.2 Å². The molecule has 0 fully saturated rings. The number of fused-ring (bicyclic) bond motifs is 1. The minimum atomic E-state index is -0.735. The summed E-state index contributed by atoms with van der Waals surface area (Å²) >= 11 is 1.73. The van der Waals surface area contributed by atoms with Gasteiger partial charge in [-0.25, -0.2) is 4.98 Å². The van der Waals surface area contributed by atoms with Crippen molar-refractivity contribution in [2.45, 2.75) is 45.4 Å². The van der Waals surface area contributed by atoms with Crippen LogP contribution in [0.5, 0.6) is 0 Å². The molecule has 4 heteroatoms. The second kappa shape index (κ2) is 5.29. The van der Waals surface area contributed by atoms with Crippen molar-refractivity contribution < 1.29 is 9.90 Å². The zero-order valence-corrected chi connectivity index (χ0v) is 12.4. The van der Waals surface area contributed by atoms with E-state index in [1.54, 1.807) is 11.3 Å². The van der Waals surface area contributed by atoms with Crippen molar-refractivity contribution in [3.05, 3.63) is 28.8 Å². The van der Waals surface area contributed by atoms with Gasteiger partial charge in [0.2, 0.25) is 0 Å². The van der Waals surface area contributed by atoms with Crippen LogP contribution >= 0.6 is 11.3 Å². The van der Waals surface area contributed by atoms with Crippen molar-refractivity contribution in [2.24, 2.45) is 0 Å². The Morgan fingerprint density at radius 1 is 1.37 bits per heavy atom. The molecule has 1 aromatic heterocycles. The van der Waals surface area contributed by atoms with Crippen LogP contribution < -0.4 is 0 Å². The summed E-state index contributed by atoms with van der Waals surface area (Å²) in [5.41, 5.74) is 2.26. The first-order valence-electron chi connectivity index (χ1n) is 6.48. The van der Waals surface area contributed by atoms with Crippen LogP contribution in [0.4, 0.5) is 0 Å². The standard InChI is InChI=1S/C15H19NO2S/c1-15(2,3)14-16-13-10(7-5-9-12(17)18)6-4-8-11(13)19-14/h4,6,8H,5,7,9H2,1-3H3,(H,17,18). The smallest absolute Gasteiger partial charge is 0.303 e. The molecule has 2 aromatic rings. The van der Waals surface area contributed by atoms with Crippen LogP contribution in [0.15, 0.2) is 18.2 Å². The normalized spacial score (nSPS) is 11.9. The number of carboxylic acids is 1. The number of thiazole rings is 1. The van der Waals surface area contributed by atoms with Gasteiger partial charge in [0.15, 0.2) is 0 Å². The summed E-state index contributed by atoms with van der Waals surface area (Å²) in [5.74, 6) is -0.735. The summed E-state index contributed by atoms with van der Waals surface area (Å²) in [6.07, 6.45) is 1.65. The van der Waals surface area contributed by atoms with E-state index in [9.17, 15) is 4.79 Å². The molecule has 0 radical (unpaired) electrons. The van der Waals surface area contributed by atoms with E-state index in [2.05, 4.69) is 32.9 Å². The second-order valence-electron chi connectivity index (χ2n) is 5.78. The molecule has 0 amide bonds. The Kier molecular flexibility index (Phi) is 3.90. The Morgan fingerprint density at radius 3 is 2.74 bits per heavy atom. The molecule has 102 valence electrons. The van der Waals surface area contributed by atoms with Crippen molar-refractivity contribution in [3.63, 3.8) is 0 Å². The number of nitrogens with zero attached hydrogens (tertiary/aromatic N) is 1. The van der Waals surface area contributed by atoms with Crippen LogP contribution in [0, 0.1) is 0 Å². The SMILES string of the molecule is CC(C)(C)c1nc2c(CCCC(=O)O)cccc2s1. The fourth-order valence-electron chi connectivity index (χ4n) is 1.96. The summed E-state index contributed by atoms with van der Waals surface area (Å²) in [4.78, 5) is 15.3. The van der Waals surface area contributed by atoms with Crippen molar-refractivity contribution in [1.29, 1.82) is 0 Å². The number of para-hydroxylation sites is 1. The number of carboxylic acid groups (broad SMARTS) is 1. The monoisotopic (exact) mass is 277 g/mol. The average molecular weight is 277 g/mol. The molecular formula is C15H19NO2S. The van der Waals surface area contributed by atoms with Crippen molar-refractivity contribution in [3.8, 4) is 0 Å². The molecule has 0 aliphatic heterocycles. The van der Waals surface area contributed by atoms with Crippen LogP contribution in [0.3, 0.4) is 0 Å². The number of aromatic nitrogens is 1. The molecule has 0 saturated heterocycles. The molecule has 0 atom stereocenters. The Balaban J connectivity index is 2.29. The summed E-state index contributed by atoms with van der Waals surface area (Å²) in [5, 5.41) is 9.83. The van der Waals surface area contributed by atoms with Gasteiger partial charge in [0.25, 0.3) is 0 Å². The molecule has 1 heterocycles. The average Bonchev–Trinajstić information content (AvgIpc) is 2.72. The van der Waals surface area contributed by atoms with Gasteiger partial charge in [-0.15, -0.1) is 11.3 Å². The predicted octanol–water partition coefficient (Wildman–Crippen LogP) is 4.00. The third kappa shape index (κ3) is 3.32. The molecule has 0 aliphatic carbocycles. The lowest BCUT2D eigenvalue weighted by Gasteiger charge is -2.13. The molecule has 0 aliphatic rings. The van der Waals surface area contributed by atoms with Crippen molar-refractivity contribution in [2.75, 3.05) is 0 Å². The van der Waals surface area contributed by atoms with Gasteiger partial charge in [0.1, 0.15) is 0 Å². The van der Waals surface area contributed by atoms with E-state index in [0.29, 0.717) is 6.42 Å². The van der Waals surface area contributed by atoms with Crippen LogP contribution in [0.2, 0.25) is 0 Å². The van der Waals surface area contributed by atoms with E-state index in [-0.39, 0.29) is 11.8 Å². The first-order chi connectivity index (χ1) is 8.88. The Labute approximate surface area is 117 Å². The Hall–Kier alpha value is -1.42. The maximum absolute atomic E-state index is 10.6. The number of benzene rings is 1. The van der Waals surface area contributed by atoms with Crippen LogP contribution in [-0.2, 0) is 16.6 Å². The van der Waals surface area contributed by atoms with Gasteiger partial charge in [-0.3, -0.25) is 4.79 Å². The highest BCUT2D eigenvalue weighted by molar-refractivity contribution is 7.18. The first-order valence-corrected chi connectivity index (χ1v) is 7.30. The first kappa shape index (κ1) is 14.0. The third-order valence-corrected chi connectivity index (χ3v) is 4.43. The quantitative estimate of drug-likeness (QED) is 0.919. The van der Waals surface area contributed by atoms with Gasteiger partial charge in [-0.2, -0.15) is 0 Å². The number of rotatable bonds is 4. The zero-order valence-electron chi connectivity index (χ0n) is 11.6.